The topological polar surface area (TPSA) is 35.2 Å². The number of hydrogen-bond donors (Lipinski definition) is 1. The van der Waals surface area contributed by atoms with Crippen LogP contribution in [0.3, 0.4) is 0 Å². The Morgan fingerprint density at radius 1 is 1.18 bits per heavy atom. The molecule has 2 aromatic carbocycles. The number of anilines is 1. The minimum absolute atomic E-state index is 0.0105. The van der Waals surface area contributed by atoms with Gasteiger partial charge in [0.2, 0.25) is 0 Å². The summed E-state index contributed by atoms with van der Waals surface area (Å²) >= 11 is 0. The maximum absolute atomic E-state index is 12.0. The van der Waals surface area contributed by atoms with E-state index in [0.29, 0.717) is 0 Å². The number of halogens is 2. The molecule has 87 valence electrons. The number of ether oxygens (including phenoxy) is 1. The maximum atomic E-state index is 12.0. The molecule has 17 heavy (non-hydrogen) atoms. The fourth-order valence-electron chi connectivity index (χ4n) is 1.50. The van der Waals surface area contributed by atoms with Gasteiger partial charge in [-0.3, -0.25) is 0 Å². The zero-order valence-electron chi connectivity index (χ0n) is 8.86. The lowest BCUT2D eigenvalue weighted by molar-refractivity contribution is -0.0493. The molecule has 4 heteroatoms. The predicted molar refractivity (Wildman–Crippen MR) is 61.8 cm³/mol. The van der Waals surface area contributed by atoms with Crippen molar-refractivity contribution in [3.8, 4) is 16.9 Å². The summed E-state index contributed by atoms with van der Waals surface area (Å²) < 4.78 is 28.4. The first kappa shape index (κ1) is 11.4. The Morgan fingerprint density at radius 2 is 2.00 bits per heavy atom. The molecule has 0 spiro atoms. The molecule has 2 rings (SSSR count). The van der Waals surface area contributed by atoms with E-state index >= 15 is 0 Å². The molecule has 0 heterocycles. The summed E-state index contributed by atoms with van der Waals surface area (Å²) in [5, 5.41) is 0. The van der Waals surface area contributed by atoms with Crippen molar-refractivity contribution in [2.75, 3.05) is 5.73 Å². The molecule has 2 N–H and O–H groups in total. The van der Waals surface area contributed by atoms with Crippen molar-refractivity contribution < 1.29 is 13.5 Å². The molecule has 0 saturated heterocycles. The number of alkyl halides is 2. The first-order valence-corrected chi connectivity index (χ1v) is 4.97. The van der Waals surface area contributed by atoms with Crippen molar-refractivity contribution in [2.45, 2.75) is 6.61 Å². The fourth-order valence-corrected chi connectivity index (χ4v) is 1.50. The van der Waals surface area contributed by atoms with E-state index in [9.17, 15) is 8.78 Å². The van der Waals surface area contributed by atoms with E-state index in [1.807, 2.05) is 12.1 Å². The molecule has 0 aliphatic rings. The molecule has 0 bridgehead atoms. The van der Waals surface area contributed by atoms with Crippen LogP contribution in [0.15, 0.2) is 42.5 Å². The summed E-state index contributed by atoms with van der Waals surface area (Å²) in [5.74, 6) is -0.0105. The Morgan fingerprint density at radius 3 is 2.59 bits per heavy atom. The monoisotopic (exact) mass is 234 g/mol. The molecule has 0 amide bonds. The highest BCUT2D eigenvalue weighted by atomic mass is 19.3. The van der Waals surface area contributed by atoms with Crippen LogP contribution in [0, 0.1) is 6.07 Å². The third-order valence-corrected chi connectivity index (χ3v) is 2.27. The molecule has 0 saturated carbocycles. The molecule has 1 radical (unpaired) electrons. The van der Waals surface area contributed by atoms with Gasteiger partial charge in [0.1, 0.15) is 5.75 Å². The third kappa shape index (κ3) is 2.72. The quantitative estimate of drug-likeness (QED) is 0.826. The van der Waals surface area contributed by atoms with Crippen molar-refractivity contribution >= 4 is 5.69 Å². The Balaban J connectivity index is 2.31. The molecular weight excluding hydrogens is 224 g/mol. The van der Waals surface area contributed by atoms with Crippen LogP contribution in [0.2, 0.25) is 0 Å². The van der Waals surface area contributed by atoms with E-state index in [1.54, 1.807) is 24.3 Å². The Hall–Kier alpha value is -2.10. The van der Waals surface area contributed by atoms with Crippen molar-refractivity contribution in [3.05, 3.63) is 48.5 Å². The van der Waals surface area contributed by atoms with E-state index in [0.717, 1.165) is 11.1 Å². The van der Waals surface area contributed by atoms with Crippen molar-refractivity contribution in [1.82, 2.24) is 0 Å². The van der Waals surface area contributed by atoms with Crippen LogP contribution in [-0.2, 0) is 0 Å². The van der Waals surface area contributed by atoms with Gasteiger partial charge in [0.05, 0.1) is 5.69 Å². The van der Waals surface area contributed by atoms with Crippen LogP contribution in [0.4, 0.5) is 14.5 Å². The zero-order chi connectivity index (χ0) is 12.3. The average Bonchev–Trinajstić information content (AvgIpc) is 2.32. The smallest absolute Gasteiger partial charge is 0.387 e. The third-order valence-electron chi connectivity index (χ3n) is 2.27. The van der Waals surface area contributed by atoms with E-state index in [2.05, 4.69) is 10.8 Å². The minimum Gasteiger partial charge on any atom is -0.433 e. The second-order valence-corrected chi connectivity index (χ2v) is 3.42. The summed E-state index contributed by atoms with van der Waals surface area (Å²) in [6, 6.07) is 14.9. The highest BCUT2D eigenvalue weighted by molar-refractivity contribution is 5.70. The molecule has 0 unspecified atom stereocenters. The average molecular weight is 234 g/mol. The number of hydrogen-bond acceptors (Lipinski definition) is 2. The summed E-state index contributed by atoms with van der Waals surface area (Å²) in [6.45, 7) is -2.87. The Bertz CT molecular complexity index is 500. The van der Waals surface area contributed by atoms with Gasteiger partial charge < -0.3 is 10.5 Å². The van der Waals surface area contributed by atoms with Gasteiger partial charge in [-0.1, -0.05) is 24.3 Å². The first-order valence-electron chi connectivity index (χ1n) is 4.97. The normalized spacial score (nSPS) is 10.5. The molecule has 0 aliphatic carbocycles. The molecule has 0 fully saturated rings. The van der Waals surface area contributed by atoms with Crippen LogP contribution in [0.1, 0.15) is 0 Å². The van der Waals surface area contributed by atoms with E-state index in [4.69, 9.17) is 5.73 Å². The van der Waals surface area contributed by atoms with Crippen molar-refractivity contribution in [3.63, 3.8) is 0 Å². The molecule has 0 aliphatic heterocycles. The van der Waals surface area contributed by atoms with E-state index < -0.39 is 6.61 Å². The molecule has 0 aromatic heterocycles. The largest absolute Gasteiger partial charge is 0.433 e. The number of nitrogen functional groups attached to an aromatic ring is 1. The maximum Gasteiger partial charge on any atom is 0.387 e. The second kappa shape index (κ2) is 4.82. The lowest BCUT2D eigenvalue weighted by atomic mass is 10.1. The van der Waals surface area contributed by atoms with E-state index in [-0.39, 0.29) is 11.4 Å². The molecule has 0 atom stereocenters. The minimum atomic E-state index is -2.87. The predicted octanol–water partition coefficient (Wildman–Crippen LogP) is 3.34. The highest BCUT2D eigenvalue weighted by Gasteiger charge is 2.08. The summed E-state index contributed by atoms with van der Waals surface area (Å²) in [5.41, 5.74) is 7.58. The Labute approximate surface area is 97.6 Å². The zero-order valence-corrected chi connectivity index (χ0v) is 8.86. The standard InChI is InChI=1S/C13H10F2NO/c14-13(15)17-12-7-6-10(8-11(12)16)9-4-2-1-3-5-9/h1-2,4-8,13H,16H2. The first-order chi connectivity index (χ1) is 8.16. The fraction of sp³-hybridized carbons (Fsp3) is 0.0769. The second-order valence-electron chi connectivity index (χ2n) is 3.42. The van der Waals surface area contributed by atoms with Crippen LogP contribution >= 0.6 is 0 Å². The van der Waals surface area contributed by atoms with Gasteiger partial charge in [0.15, 0.2) is 0 Å². The van der Waals surface area contributed by atoms with Crippen LogP contribution in [-0.4, -0.2) is 6.61 Å². The number of nitrogens with two attached hydrogens (primary N) is 1. The van der Waals surface area contributed by atoms with Crippen LogP contribution in [0.25, 0.3) is 11.1 Å². The summed E-state index contributed by atoms with van der Waals surface area (Å²) in [4.78, 5) is 0. The van der Waals surface area contributed by atoms with Gasteiger partial charge in [0, 0.05) is 0 Å². The number of rotatable bonds is 3. The van der Waals surface area contributed by atoms with Gasteiger partial charge in [-0.2, -0.15) is 8.78 Å². The summed E-state index contributed by atoms with van der Waals surface area (Å²) in [7, 11) is 0. The highest BCUT2D eigenvalue weighted by Crippen LogP contribution is 2.29. The van der Waals surface area contributed by atoms with Crippen molar-refractivity contribution in [1.29, 1.82) is 0 Å². The van der Waals surface area contributed by atoms with Gasteiger partial charge in [-0.25, -0.2) is 0 Å². The van der Waals surface area contributed by atoms with Crippen LogP contribution in [0.5, 0.6) is 5.75 Å². The lowest BCUT2D eigenvalue weighted by Crippen LogP contribution is -2.04. The van der Waals surface area contributed by atoms with Crippen molar-refractivity contribution in [2.24, 2.45) is 0 Å². The summed E-state index contributed by atoms with van der Waals surface area (Å²) in [6.07, 6.45) is 0. The van der Waals surface area contributed by atoms with Gasteiger partial charge >= 0.3 is 6.61 Å². The van der Waals surface area contributed by atoms with Gasteiger partial charge in [-0.05, 0) is 35.4 Å². The van der Waals surface area contributed by atoms with Gasteiger partial charge in [0.25, 0.3) is 0 Å². The Kier molecular flexibility index (Phi) is 3.23. The molecule has 2 nitrogen and oxygen atoms in total. The van der Waals surface area contributed by atoms with E-state index in [1.165, 1.54) is 6.07 Å². The van der Waals surface area contributed by atoms with Gasteiger partial charge in [-0.15, -0.1) is 0 Å². The molecule has 2 aromatic rings. The van der Waals surface area contributed by atoms with Crippen LogP contribution < -0.4 is 10.5 Å². The lowest BCUT2D eigenvalue weighted by Gasteiger charge is -2.09. The molecular formula is C13H10F2NO. The number of benzene rings is 2. The SMILES string of the molecule is Nc1cc(-c2c[c]ccc2)ccc1OC(F)F.